The molecule has 0 aromatic heterocycles. The molecule has 0 rings (SSSR count). The topological polar surface area (TPSA) is 43.4 Å². The van der Waals surface area contributed by atoms with Gasteiger partial charge in [0.25, 0.3) is 8.03 Å². The van der Waals surface area contributed by atoms with E-state index < -0.39 is 8.03 Å². The Morgan fingerprint density at radius 1 is 1.42 bits per heavy atom. The van der Waals surface area contributed by atoms with Gasteiger partial charge in [0.05, 0.1) is 6.61 Å². The zero-order valence-electron chi connectivity index (χ0n) is 7.05. The van der Waals surface area contributed by atoms with E-state index in [0.717, 1.165) is 19.3 Å². The van der Waals surface area contributed by atoms with Crippen molar-refractivity contribution in [3.63, 3.8) is 0 Å². The molecule has 0 amide bonds. The van der Waals surface area contributed by atoms with Crippen LogP contribution < -0.4 is 0 Å². The van der Waals surface area contributed by atoms with Gasteiger partial charge in [0, 0.05) is 6.92 Å². The molecule has 12 heavy (non-hydrogen) atoms. The van der Waals surface area contributed by atoms with Crippen molar-refractivity contribution in [3.8, 4) is 0 Å². The molecule has 0 N–H and O–H groups in total. The van der Waals surface area contributed by atoms with E-state index in [2.05, 4.69) is 6.92 Å². The van der Waals surface area contributed by atoms with E-state index in [1.54, 1.807) is 0 Å². The number of carbonyl (C=O) groups is 1. The molecule has 0 aliphatic heterocycles. The van der Waals surface area contributed by atoms with Crippen LogP contribution in [0.15, 0.2) is 0 Å². The first-order valence-electron chi connectivity index (χ1n) is 3.86. The van der Waals surface area contributed by atoms with E-state index in [9.17, 15) is 9.36 Å². The fourth-order valence-electron chi connectivity index (χ4n) is 0.619. The Kier molecular flexibility index (Phi) is 12.7. The third-order valence-electron chi connectivity index (χ3n) is 1.27. The van der Waals surface area contributed by atoms with E-state index in [0.29, 0.717) is 6.61 Å². The van der Waals surface area contributed by atoms with Gasteiger partial charge in [0.1, 0.15) is 0 Å². The second kappa shape index (κ2) is 9.94. The van der Waals surface area contributed by atoms with E-state index in [4.69, 9.17) is 4.52 Å². The summed E-state index contributed by atoms with van der Waals surface area (Å²) in [5, 5.41) is 0. The average molecular weight is 202 g/mol. The molecular weight excluding hydrogens is 186 g/mol. The first kappa shape index (κ1) is 15.3. The van der Waals surface area contributed by atoms with Gasteiger partial charge in [0.2, 0.25) is 5.52 Å². The minimum absolute atomic E-state index is 0. The molecule has 0 aliphatic rings. The van der Waals surface area contributed by atoms with Gasteiger partial charge in [-0.05, 0) is 6.42 Å². The molecule has 68 valence electrons. The summed E-state index contributed by atoms with van der Waals surface area (Å²) in [6.45, 7) is 3.82. The minimum atomic E-state index is -2.38. The predicted octanol–water partition coefficient (Wildman–Crippen LogP) is 1.57. The van der Waals surface area contributed by atoms with Crippen LogP contribution in [0.25, 0.3) is 0 Å². The molecular formula is C7H16NaO3P. The summed E-state index contributed by atoms with van der Waals surface area (Å²) in [7, 11) is -2.38. The average Bonchev–Trinajstić information content (AvgIpc) is 1.97. The summed E-state index contributed by atoms with van der Waals surface area (Å²) >= 11 is 0. The van der Waals surface area contributed by atoms with Crippen LogP contribution in [0.1, 0.15) is 33.1 Å². The van der Waals surface area contributed by atoms with Crippen LogP contribution in [0.3, 0.4) is 0 Å². The van der Waals surface area contributed by atoms with Gasteiger partial charge in [-0.3, -0.25) is 9.36 Å². The molecule has 0 saturated carbocycles. The third-order valence-corrected chi connectivity index (χ3v) is 2.31. The molecule has 3 nitrogen and oxygen atoms in total. The van der Waals surface area contributed by atoms with Crippen LogP contribution >= 0.6 is 8.03 Å². The van der Waals surface area contributed by atoms with Crippen LogP contribution in [-0.2, 0) is 13.9 Å². The first-order valence-corrected chi connectivity index (χ1v) is 5.17. The summed E-state index contributed by atoms with van der Waals surface area (Å²) in [5.41, 5.74) is -0.341. The van der Waals surface area contributed by atoms with Gasteiger partial charge in [-0.1, -0.05) is 19.8 Å². The third kappa shape index (κ3) is 8.95. The van der Waals surface area contributed by atoms with Gasteiger partial charge in [-0.15, -0.1) is 0 Å². The molecule has 0 aromatic rings. The monoisotopic (exact) mass is 202 g/mol. The SMILES string of the molecule is CCCCCO[PH](=O)C(C)=O.[NaH]. The molecule has 0 radical (unpaired) electrons. The van der Waals surface area contributed by atoms with E-state index in [1.165, 1.54) is 6.92 Å². The van der Waals surface area contributed by atoms with Crippen LogP contribution in [0.5, 0.6) is 0 Å². The summed E-state index contributed by atoms with van der Waals surface area (Å²) in [4.78, 5) is 10.4. The molecule has 0 aromatic carbocycles. The van der Waals surface area contributed by atoms with Gasteiger partial charge < -0.3 is 4.52 Å². The first-order chi connectivity index (χ1) is 5.18. The number of hydrogen-bond acceptors (Lipinski definition) is 3. The molecule has 0 spiro atoms. The van der Waals surface area contributed by atoms with Crippen LogP contribution in [0.4, 0.5) is 0 Å². The van der Waals surface area contributed by atoms with E-state index in [-0.39, 0.29) is 35.1 Å². The van der Waals surface area contributed by atoms with E-state index >= 15 is 0 Å². The standard InChI is InChI=1S/C7H15O3P.Na.H/c1-3-4-5-6-10-11(9)7(2)8;;/h11H,3-6H2,1-2H3;;. The molecule has 0 fully saturated rings. The fraction of sp³-hybridized carbons (Fsp3) is 0.857. The van der Waals surface area contributed by atoms with E-state index in [1.807, 2.05) is 0 Å². The molecule has 0 bridgehead atoms. The number of unbranched alkanes of at least 4 members (excludes halogenated alkanes) is 2. The van der Waals surface area contributed by atoms with Crippen molar-refractivity contribution >= 4 is 43.1 Å². The van der Waals surface area contributed by atoms with Gasteiger partial charge in [-0.25, -0.2) is 0 Å². The zero-order valence-corrected chi connectivity index (χ0v) is 8.05. The Bertz CT molecular complexity index is 150. The molecule has 1 unspecified atom stereocenters. The predicted molar refractivity (Wildman–Crippen MR) is 52.3 cm³/mol. The van der Waals surface area contributed by atoms with Crippen molar-refractivity contribution in [1.29, 1.82) is 0 Å². The van der Waals surface area contributed by atoms with Crippen LogP contribution in [0.2, 0.25) is 0 Å². The van der Waals surface area contributed by atoms with Gasteiger partial charge in [-0.2, -0.15) is 0 Å². The summed E-state index contributed by atoms with van der Waals surface area (Å²) in [6, 6.07) is 0. The Morgan fingerprint density at radius 2 is 2.00 bits per heavy atom. The Balaban J connectivity index is 0. The van der Waals surface area contributed by atoms with Crippen molar-refractivity contribution < 1.29 is 13.9 Å². The number of hydrogen-bond donors (Lipinski definition) is 0. The number of rotatable bonds is 6. The Hall–Kier alpha value is 0.860. The van der Waals surface area contributed by atoms with Crippen molar-refractivity contribution in [2.45, 2.75) is 33.1 Å². The summed E-state index contributed by atoms with van der Waals surface area (Å²) in [5.74, 6) is 0. The molecule has 1 atom stereocenters. The van der Waals surface area contributed by atoms with Crippen molar-refractivity contribution in [2.24, 2.45) is 0 Å². The molecule has 0 aliphatic carbocycles. The maximum absolute atomic E-state index is 10.7. The van der Waals surface area contributed by atoms with Crippen molar-refractivity contribution in [2.75, 3.05) is 6.61 Å². The Labute approximate surface area is 96.4 Å². The van der Waals surface area contributed by atoms with Crippen LogP contribution in [0, 0.1) is 0 Å². The van der Waals surface area contributed by atoms with Crippen LogP contribution in [-0.4, -0.2) is 41.7 Å². The zero-order chi connectivity index (χ0) is 8.69. The van der Waals surface area contributed by atoms with Crippen molar-refractivity contribution in [1.82, 2.24) is 0 Å². The second-order valence-corrected chi connectivity index (χ2v) is 3.97. The quantitative estimate of drug-likeness (QED) is 0.373. The van der Waals surface area contributed by atoms with Gasteiger partial charge >= 0.3 is 29.6 Å². The second-order valence-electron chi connectivity index (χ2n) is 2.40. The Morgan fingerprint density at radius 3 is 2.42 bits per heavy atom. The normalized spacial score (nSPS) is 11.8. The summed E-state index contributed by atoms with van der Waals surface area (Å²) < 4.78 is 15.5. The molecule has 0 heterocycles. The number of carbonyl (C=O) groups excluding carboxylic acids is 1. The van der Waals surface area contributed by atoms with Gasteiger partial charge in [0.15, 0.2) is 0 Å². The van der Waals surface area contributed by atoms with Crippen molar-refractivity contribution in [3.05, 3.63) is 0 Å². The maximum atomic E-state index is 10.7. The molecule has 0 saturated heterocycles. The summed E-state index contributed by atoms with van der Waals surface area (Å²) in [6.07, 6.45) is 3.05. The molecule has 5 heteroatoms. The fourth-order valence-corrected chi connectivity index (χ4v) is 1.15.